The molecule has 8 heteroatoms. The highest BCUT2D eigenvalue weighted by Gasteiger charge is 2.17. The fraction of sp³-hybridized carbons (Fsp3) is 0.0333. The van der Waals surface area contributed by atoms with Gasteiger partial charge < -0.3 is 14.5 Å². The number of ether oxygens (including phenoxy) is 1. The van der Waals surface area contributed by atoms with E-state index in [-0.39, 0.29) is 23.4 Å². The van der Waals surface area contributed by atoms with E-state index in [4.69, 9.17) is 32.4 Å². The zero-order chi connectivity index (χ0) is 26.6. The summed E-state index contributed by atoms with van der Waals surface area (Å²) in [6, 6.07) is 25.0. The van der Waals surface area contributed by atoms with Crippen LogP contribution >= 0.6 is 23.2 Å². The van der Waals surface area contributed by atoms with Crippen molar-refractivity contribution in [3.8, 4) is 16.9 Å². The minimum atomic E-state index is -0.478. The van der Waals surface area contributed by atoms with Gasteiger partial charge in [0, 0.05) is 27.2 Å². The van der Waals surface area contributed by atoms with Crippen molar-refractivity contribution < 1.29 is 18.7 Å². The van der Waals surface area contributed by atoms with Gasteiger partial charge in [0.2, 0.25) is 0 Å². The van der Waals surface area contributed by atoms with E-state index < -0.39 is 5.91 Å². The lowest BCUT2D eigenvalue weighted by atomic mass is 10.0. The van der Waals surface area contributed by atoms with E-state index in [1.807, 2.05) is 6.07 Å². The molecule has 38 heavy (non-hydrogen) atoms. The number of benzene rings is 4. The van der Waals surface area contributed by atoms with E-state index in [0.717, 1.165) is 0 Å². The summed E-state index contributed by atoms with van der Waals surface area (Å²) in [5.74, 6) is -0.410. The normalized spacial score (nSPS) is 10.8. The van der Waals surface area contributed by atoms with Crippen LogP contribution in [0.5, 0.6) is 5.75 Å². The molecule has 5 rings (SSSR count). The van der Waals surface area contributed by atoms with Gasteiger partial charge >= 0.3 is 0 Å². The SMILES string of the molecule is O=C(COc1ccc2c(=O)c(-c3ccc(Cl)cc3)coc2c1)Nc1ccc(Cl)cc1C(=O)c1ccccc1. The van der Waals surface area contributed by atoms with Gasteiger partial charge in [-0.05, 0) is 48.0 Å². The number of fused-ring (bicyclic) bond motifs is 1. The van der Waals surface area contributed by atoms with Crippen molar-refractivity contribution in [3.05, 3.63) is 129 Å². The van der Waals surface area contributed by atoms with Crippen molar-refractivity contribution in [1.29, 1.82) is 0 Å². The number of hydrogen-bond acceptors (Lipinski definition) is 5. The standard InChI is InChI=1S/C30H19Cl2NO5/c31-20-8-6-18(7-9-20)25-16-38-27-15-22(11-12-23(27)30(25)36)37-17-28(34)33-26-13-10-21(32)14-24(26)29(35)19-4-2-1-3-5-19/h1-16H,17H2,(H,33,34). The van der Waals surface area contributed by atoms with Crippen LogP contribution in [0, 0.1) is 0 Å². The molecule has 0 radical (unpaired) electrons. The molecule has 0 spiro atoms. The molecule has 0 atom stereocenters. The highest BCUT2D eigenvalue weighted by Crippen LogP contribution is 2.26. The molecular formula is C30H19Cl2NO5. The Bertz CT molecular complexity index is 1710. The van der Waals surface area contributed by atoms with Crippen LogP contribution in [-0.2, 0) is 4.79 Å². The fourth-order valence-corrected chi connectivity index (χ4v) is 4.22. The van der Waals surface area contributed by atoms with Gasteiger partial charge in [0.05, 0.1) is 16.6 Å². The monoisotopic (exact) mass is 543 g/mol. The van der Waals surface area contributed by atoms with E-state index in [1.165, 1.54) is 12.3 Å². The van der Waals surface area contributed by atoms with Crippen LogP contribution in [0.2, 0.25) is 10.0 Å². The summed E-state index contributed by atoms with van der Waals surface area (Å²) in [5.41, 5.74) is 2.27. The number of carbonyl (C=O) groups excluding carboxylic acids is 2. The van der Waals surface area contributed by atoms with Crippen LogP contribution in [0.3, 0.4) is 0 Å². The Morgan fingerprint density at radius 3 is 2.34 bits per heavy atom. The minimum absolute atomic E-state index is 0.198. The van der Waals surface area contributed by atoms with Crippen LogP contribution in [0.1, 0.15) is 15.9 Å². The smallest absolute Gasteiger partial charge is 0.262 e. The van der Waals surface area contributed by atoms with E-state index in [0.29, 0.717) is 49.1 Å². The lowest BCUT2D eigenvalue weighted by Crippen LogP contribution is -2.21. The first-order valence-corrected chi connectivity index (χ1v) is 12.3. The second kappa shape index (κ2) is 10.9. The average Bonchev–Trinajstić information content (AvgIpc) is 2.94. The lowest BCUT2D eigenvalue weighted by molar-refractivity contribution is -0.118. The van der Waals surface area contributed by atoms with Gasteiger partial charge in [-0.3, -0.25) is 14.4 Å². The summed E-state index contributed by atoms with van der Waals surface area (Å²) in [6.45, 7) is -0.333. The molecular weight excluding hydrogens is 525 g/mol. The summed E-state index contributed by atoms with van der Waals surface area (Å²) < 4.78 is 11.3. The summed E-state index contributed by atoms with van der Waals surface area (Å²) in [5, 5.41) is 4.02. The summed E-state index contributed by atoms with van der Waals surface area (Å²) in [6.07, 6.45) is 1.39. The Morgan fingerprint density at radius 1 is 0.842 bits per heavy atom. The Hall–Kier alpha value is -4.39. The predicted molar refractivity (Wildman–Crippen MR) is 148 cm³/mol. The number of hydrogen-bond donors (Lipinski definition) is 1. The molecule has 0 aliphatic carbocycles. The Morgan fingerprint density at radius 2 is 1.58 bits per heavy atom. The van der Waals surface area contributed by atoms with Crippen molar-refractivity contribution in [1.82, 2.24) is 0 Å². The number of ketones is 1. The first-order chi connectivity index (χ1) is 18.4. The Balaban J connectivity index is 1.30. The number of anilines is 1. The largest absolute Gasteiger partial charge is 0.484 e. The van der Waals surface area contributed by atoms with Gasteiger partial charge in [0.25, 0.3) is 5.91 Å². The van der Waals surface area contributed by atoms with Crippen LogP contribution in [-0.4, -0.2) is 18.3 Å². The molecule has 1 aromatic heterocycles. The quantitative estimate of drug-likeness (QED) is 0.223. The maximum atomic E-state index is 13.0. The topological polar surface area (TPSA) is 85.6 Å². The van der Waals surface area contributed by atoms with E-state index in [9.17, 15) is 14.4 Å². The third kappa shape index (κ3) is 5.47. The number of amides is 1. The zero-order valence-electron chi connectivity index (χ0n) is 19.7. The number of halogens is 2. The van der Waals surface area contributed by atoms with Crippen LogP contribution in [0.4, 0.5) is 5.69 Å². The molecule has 0 fully saturated rings. The van der Waals surface area contributed by atoms with E-state index in [2.05, 4.69) is 5.32 Å². The van der Waals surface area contributed by atoms with Gasteiger partial charge in [-0.1, -0.05) is 65.7 Å². The molecule has 5 aromatic rings. The van der Waals surface area contributed by atoms with Crippen molar-refractivity contribution in [3.63, 3.8) is 0 Å². The molecule has 0 bridgehead atoms. The van der Waals surface area contributed by atoms with Crippen molar-refractivity contribution in [2.75, 3.05) is 11.9 Å². The molecule has 6 nitrogen and oxygen atoms in total. The van der Waals surface area contributed by atoms with Gasteiger partial charge in [0.15, 0.2) is 17.8 Å². The minimum Gasteiger partial charge on any atom is -0.484 e. The summed E-state index contributed by atoms with van der Waals surface area (Å²) >= 11 is 12.0. The molecule has 4 aromatic carbocycles. The van der Waals surface area contributed by atoms with Gasteiger partial charge in [0.1, 0.15) is 17.6 Å². The third-order valence-corrected chi connectivity index (χ3v) is 6.29. The van der Waals surface area contributed by atoms with Crippen LogP contribution < -0.4 is 15.5 Å². The van der Waals surface area contributed by atoms with Gasteiger partial charge in [-0.2, -0.15) is 0 Å². The maximum Gasteiger partial charge on any atom is 0.262 e. The van der Waals surface area contributed by atoms with Crippen LogP contribution in [0.25, 0.3) is 22.1 Å². The molecule has 0 unspecified atom stereocenters. The lowest BCUT2D eigenvalue weighted by Gasteiger charge is -2.12. The predicted octanol–water partition coefficient (Wildman–Crippen LogP) is 7.02. The zero-order valence-corrected chi connectivity index (χ0v) is 21.3. The molecule has 0 saturated heterocycles. The molecule has 1 amide bonds. The Kier molecular flexibility index (Phi) is 7.26. The summed E-state index contributed by atoms with van der Waals surface area (Å²) in [7, 11) is 0. The fourth-order valence-electron chi connectivity index (χ4n) is 3.92. The molecule has 0 aliphatic rings. The number of carbonyl (C=O) groups is 2. The van der Waals surface area contributed by atoms with Gasteiger partial charge in [-0.25, -0.2) is 0 Å². The molecule has 0 saturated carbocycles. The number of nitrogens with one attached hydrogen (secondary N) is 1. The van der Waals surface area contributed by atoms with Crippen molar-refractivity contribution in [2.24, 2.45) is 0 Å². The van der Waals surface area contributed by atoms with Crippen LogP contribution in [0.15, 0.2) is 106 Å². The molecule has 0 aliphatic heterocycles. The number of rotatable bonds is 7. The maximum absolute atomic E-state index is 13.0. The second-order valence-corrected chi connectivity index (χ2v) is 9.24. The molecule has 1 heterocycles. The third-order valence-electron chi connectivity index (χ3n) is 5.81. The molecule has 1 N–H and O–H groups in total. The average molecular weight is 544 g/mol. The highest BCUT2D eigenvalue weighted by atomic mass is 35.5. The first kappa shape index (κ1) is 25.3. The van der Waals surface area contributed by atoms with E-state index in [1.54, 1.807) is 78.9 Å². The first-order valence-electron chi connectivity index (χ1n) is 11.5. The van der Waals surface area contributed by atoms with Crippen molar-refractivity contribution >= 4 is 51.5 Å². The van der Waals surface area contributed by atoms with Crippen molar-refractivity contribution in [2.45, 2.75) is 0 Å². The van der Waals surface area contributed by atoms with E-state index >= 15 is 0 Å². The van der Waals surface area contributed by atoms with Gasteiger partial charge in [-0.15, -0.1) is 0 Å². The highest BCUT2D eigenvalue weighted by molar-refractivity contribution is 6.31. The Labute approximate surface area is 227 Å². The second-order valence-electron chi connectivity index (χ2n) is 8.37. The molecule has 188 valence electrons. The summed E-state index contributed by atoms with van der Waals surface area (Å²) in [4.78, 5) is 38.6.